The lowest BCUT2D eigenvalue weighted by molar-refractivity contribution is -0.120. The molecule has 0 spiro atoms. The van der Waals surface area contributed by atoms with Gasteiger partial charge < -0.3 is 9.64 Å². The van der Waals surface area contributed by atoms with Gasteiger partial charge in [0.1, 0.15) is 11.6 Å². The molecule has 2 aromatic carbocycles. The molecule has 0 unspecified atom stereocenters. The molecule has 1 aliphatic rings. The second kappa shape index (κ2) is 7.69. The number of aromatic nitrogens is 1. The molecule has 0 atom stereocenters. The number of rotatable bonds is 5. The number of thiazole rings is 1. The number of hydrogen-bond acceptors (Lipinski definition) is 6. The first kappa shape index (κ1) is 20.3. The molecule has 3 aromatic rings. The molecule has 7 nitrogen and oxygen atoms in total. The average molecular weight is 448 g/mol. The molecule has 0 radical (unpaired) electrons. The van der Waals surface area contributed by atoms with E-state index in [9.17, 15) is 17.6 Å². The minimum Gasteiger partial charge on any atom is -0.482 e. The van der Waals surface area contributed by atoms with Crippen molar-refractivity contribution in [3.8, 4) is 17.0 Å². The smallest absolute Gasteiger partial charge is 0.264 e. The van der Waals surface area contributed by atoms with E-state index < -0.39 is 15.8 Å². The Bertz CT molecular complexity index is 1220. The van der Waals surface area contributed by atoms with E-state index in [0.29, 0.717) is 22.7 Å². The standard InChI is InChI=1S/C20H18FN3O4S2/c1-12-19(14-5-8-17-16(9-14)24(2)18(25)10-28-17)22-20(29-12)23-30(26,27)11-13-3-6-15(21)7-4-13/h3-9H,10-11H2,1-2H3,(H,22,23). The third kappa shape index (κ3) is 4.14. The van der Waals surface area contributed by atoms with Crippen molar-refractivity contribution in [3.63, 3.8) is 0 Å². The van der Waals surface area contributed by atoms with Crippen LogP contribution in [-0.4, -0.2) is 33.0 Å². The number of carbonyl (C=O) groups excluding carboxylic acids is 1. The lowest BCUT2D eigenvalue weighted by Crippen LogP contribution is -2.35. The Labute approximate surface area is 177 Å². The molecule has 0 aliphatic carbocycles. The highest BCUT2D eigenvalue weighted by Crippen LogP contribution is 2.38. The van der Waals surface area contributed by atoms with Gasteiger partial charge in [0.05, 0.1) is 17.1 Å². The van der Waals surface area contributed by atoms with Crippen LogP contribution in [0.5, 0.6) is 5.75 Å². The second-order valence-electron chi connectivity index (χ2n) is 6.84. The zero-order valence-electron chi connectivity index (χ0n) is 16.2. The molecule has 1 N–H and O–H groups in total. The Hall–Kier alpha value is -2.98. The van der Waals surface area contributed by atoms with Crippen LogP contribution in [0.2, 0.25) is 0 Å². The number of sulfonamides is 1. The summed E-state index contributed by atoms with van der Waals surface area (Å²) in [5, 5.41) is 0.239. The highest BCUT2D eigenvalue weighted by molar-refractivity contribution is 7.92. The highest BCUT2D eigenvalue weighted by Gasteiger charge is 2.24. The number of hydrogen-bond donors (Lipinski definition) is 1. The summed E-state index contributed by atoms with van der Waals surface area (Å²) < 4.78 is 45.9. The number of aryl methyl sites for hydroxylation is 1. The third-order valence-electron chi connectivity index (χ3n) is 4.63. The summed E-state index contributed by atoms with van der Waals surface area (Å²) in [5.74, 6) is -0.255. The monoisotopic (exact) mass is 447 g/mol. The Balaban J connectivity index is 1.58. The minimum absolute atomic E-state index is 0.00143. The zero-order chi connectivity index (χ0) is 21.5. The lowest BCUT2D eigenvalue weighted by atomic mass is 10.1. The number of halogens is 1. The first-order valence-electron chi connectivity index (χ1n) is 8.98. The van der Waals surface area contributed by atoms with Gasteiger partial charge in [0.2, 0.25) is 10.0 Å². The van der Waals surface area contributed by atoms with Crippen LogP contribution in [-0.2, 0) is 20.6 Å². The SMILES string of the molecule is Cc1sc(NS(=O)(=O)Cc2ccc(F)cc2)nc1-c1ccc2c(c1)N(C)C(=O)CO2. The summed E-state index contributed by atoms with van der Waals surface area (Å²) in [4.78, 5) is 18.7. The summed E-state index contributed by atoms with van der Waals surface area (Å²) in [6, 6.07) is 10.7. The predicted octanol–water partition coefficient (Wildman–Crippen LogP) is 3.55. The number of carbonyl (C=O) groups is 1. The second-order valence-corrected chi connectivity index (χ2v) is 9.76. The maximum Gasteiger partial charge on any atom is 0.264 e. The number of anilines is 2. The van der Waals surface area contributed by atoms with E-state index in [2.05, 4.69) is 9.71 Å². The van der Waals surface area contributed by atoms with Crippen LogP contribution in [0.15, 0.2) is 42.5 Å². The zero-order valence-corrected chi connectivity index (χ0v) is 17.8. The van der Waals surface area contributed by atoms with Gasteiger partial charge in [0, 0.05) is 17.5 Å². The maximum absolute atomic E-state index is 13.0. The van der Waals surface area contributed by atoms with Gasteiger partial charge >= 0.3 is 0 Å². The number of nitrogens with zero attached hydrogens (tertiary/aromatic N) is 2. The summed E-state index contributed by atoms with van der Waals surface area (Å²) in [5.41, 5.74) is 2.47. The van der Waals surface area contributed by atoms with E-state index in [0.717, 1.165) is 10.4 Å². The summed E-state index contributed by atoms with van der Waals surface area (Å²) in [6.45, 7) is 1.84. The normalized spacial score (nSPS) is 13.7. The fourth-order valence-corrected chi connectivity index (χ4v) is 5.35. The largest absolute Gasteiger partial charge is 0.482 e. The Morgan fingerprint density at radius 1 is 1.23 bits per heavy atom. The Kier molecular flexibility index (Phi) is 5.20. The molecule has 2 heterocycles. The third-order valence-corrected chi connectivity index (χ3v) is 6.86. The van der Waals surface area contributed by atoms with Crippen molar-refractivity contribution in [3.05, 3.63) is 58.7 Å². The van der Waals surface area contributed by atoms with Gasteiger partial charge in [-0.15, -0.1) is 11.3 Å². The summed E-state index contributed by atoms with van der Waals surface area (Å²) in [7, 11) is -2.04. The van der Waals surface area contributed by atoms with Gasteiger partial charge in [-0.2, -0.15) is 0 Å². The van der Waals surface area contributed by atoms with E-state index in [1.807, 2.05) is 13.0 Å². The molecular formula is C20H18FN3O4S2. The van der Waals surface area contributed by atoms with Crippen LogP contribution < -0.4 is 14.4 Å². The molecule has 10 heteroatoms. The van der Waals surface area contributed by atoms with Gasteiger partial charge in [-0.05, 0) is 42.8 Å². The average Bonchev–Trinajstić information content (AvgIpc) is 3.05. The number of fused-ring (bicyclic) bond motifs is 1. The van der Waals surface area contributed by atoms with Crippen LogP contribution in [0.4, 0.5) is 15.2 Å². The van der Waals surface area contributed by atoms with Crippen molar-refractivity contribution in [1.29, 1.82) is 0 Å². The molecule has 156 valence electrons. The van der Waals surface area contributed by atoms with Gasteiger partial charge in [0.25, 0.3) is 5.91 Å². The molecular weight excluding hydrogens is 429 g/mol. The van der Waals surface area contributed by atoms with Crippen LogP contribution >= 0.6 is 11.3 Å². The Morgan fingerprint density at radius 2 is 1.97 bits per heavy atom. The van der Waals surface area contributed by atoms with Crippen molar-refractivity contribution in [2.75, 3.05) is 23.3 Å². The van der Waals surface area contributed by atoms with E-state index >= 15 is 0 Å². The van der Waals surface area contributed by atoms with E-state index in [1.165, 1.54) is 40.5 Å². The van der Waals surface area contributed by atoms with Crippen molar-refractivity contribution in [1.82, 2.24) is 4.98 Å². The molecule has 30 heavy (non-hydrogen) atoms. The number of likely N-dealkylation sites (N-methyl/N-ethyl adjacent to an activating group) is 1. The fraction of sp³-hybridized carbons (Fsp3) is 0.200. The van der Waals surface area contributed by atoms with Crippen molar-refractivity contribution >= 4 is 38.1 Å². The van der Waals surface area contributed by atoms with Gasteiger partial charge in [-0.3, -0.25) is 9.52 Å². The molecule has 1 aromatic heterocycles. The topological polar surface area (TPSA) is 88.6 Å². The molecule has 4 rings (SSSR count). The van der Waals surface area contributed by atoms with Gasteiger partial charge in [-0.1, -0.05) is 12.1 Å². The number of amides is 1. The van der Waals surface area contributed by atoms with Gasteiger partial charge in [-0.25, -0.2) is 17.8 Å². The molecule has 0 fully saturated rings. The van der Waals surface area contributed by atoms with Crippen molar-refractivity contribution < 1.29 is 22.3 Å². The van der Waals surface area contributed by atoms with Crippen LogP contribution in [0.1, 0.15) is 10.4 Å². The van der Waals surface area contributed by atoms with Crippen LogP contribution in [0.3, 0.4) is 0 Å². The Morgan fingerprint density at radius 3 is 2.70 bits per heavy atom. The number of nitrogens with one attached hydrogen (secondary N) is 1. The van der Waals surface area contributed by atoms with E-state index in [4.69, 9.17) is 4.74 Å². The maximum atomic E-state index is 13.0. The van der Waals surface area contributed by atoms with Gasteiger partial charge in [0.15, 0.2) is 11.7 Å². The number of ether oxygens (including phenoxy) is 1. The minimum atomic E-state index is -3.71. The molecule has 1 amide bonds. The lowest BCUT2D eigenvalue weighted by Gasteiger charge is -2.26. The van der Waals surface area contributed by atoms with Crippen molar-refractivity contribution in [2.24, 2.45) is 0 Å². The highest BCUT2D eigenvalue weighted by atomic mass is 32.2. The molecule has 0 saturated carbocycles. The van der Waals surface area contributed by atoms with Crippen LogP contribution in [0, 0.1) is 12.7 Å². The first-order chi connectivity index (χ1) is 14.2. The summed E-state index contributed by atoms with van der Waals surface area (Å²) >= 11 is 1.21. The first-order valence-corrected chi connectivity index (χ1v) is 11.4. The predicted molar refractivity (Wildman–Crippen MR) is 114 cm³/mol. The molecule has 1 aliphatic heterocycles. The molecule has 0 bridgehead atoms. The fourth-order valence-electron chi connectivity index (χ4n) is 3.10. The number of benzene rings is 2. The quantitative estimate of drug-likeness (QED) is 0.646. The molecule has 0 saturated heterocycles. The summed E-state index contributed by atoms with van der Waals surface area (Å²) in [6.07, 6.45) is 0. The van der Waals surface area contributed by atoms with E-state index in [1.54, 1.807) is 19.2 Å². The van der Waals surface area contributed by atoms with E-state index in [-0.39, 0.29) is 23.4 Å². The van der Waals surface area contributed by atoms with Crippen molar-refractivity contribution in [2.45, 2.75) is 12.7 Å². The van der Waals surface area contributed by atoms with Crippen LogP contribution in [0.25, 0.3) is 11.3 Å².